The molecule has 0 saturated carbocycles. The molecule has 1 aromatic carbocycles. The van der Waals surface area contributed by atoms with Crippen molar-refractivity contribution in [3.8, 4) is 17.2 Å². The number of hydrogen-bond donors (Lipinski definition) is 3. The average Bonchev–Trinajstić information content (AvgIpc) is 2.65. The largest absolute Gasteiger partial charge is 0.493 e. The highest BCUT2D eigenvalue weighted by molar-refractivity contribution is 7.85. The fourth-order valence-corrected chi connectivity index (χ4v) is 2.24. The third-order valence-electron chi connectivity index (χ3n) is 3.67. The minimum atomic E-state index is -3.67. The molecule has 0 radical (unpaired) electrons. The fourth-order valence-electron chi connectivity index (χ4n) is 2.24. The van der Waals surface area contributed by atoms with E-state index >= 15 is 0 Å². The van der Waals surface area contributed by atoms with Crippen LogP contribution in [0.3, 0.4) is 0 Å². The van der Waals surface area contributed by atoms with E-state index in [1.165, 1.54) is 12.3 Å². The molecule has 0 aliphatic rings. The van der Waals surface area contributed by atoms with Crippen LogP contribution in [0.1, 0.15) is 36.3 Å². The number of primary amides is 1. The van der Waals surface area contributed by atoms with Crippen LogP contribution in [0, 0.1) is 5.92 Å². The van der Waals surface area contributed by atoms with Gasteiger partial charge in [-0.25, -0.2) is 4.98 Å². The minimum Gasteiger partial charge on any atom is -0.493 e. The van der Waals surface area contributed by atoms with Crippen LogP contribution in [-0.4, -0.2) is 43.8 Å². The summed E-state index contributed by atoms with van der Waals surface area (Å²) < 4.78 is 37.1. The van der Waals surface area contributed by atoms with Crippen LogP contribution >= 0.6 is 0 Å². The molecule has 0 aliphatic carbocycles. The number of carbonyl (C=O) groups excluding carboxylic acids is 1. The second-order valence-electron chi connectivity index (χ2n) is 6.92. The Kier molecular flexibility index (Phi) is 10.2. The molecule has 1 aromatic heterocycles. The summed E-state index contributed by atoms with van der Waals surface area (Å²) >= 11 is 0. The molecule has 1 amide bonds. The molecule has 2 rings (SSSR count). The van der Waals surface area contributed by atoms with Gasteiger partial charge in [0.05, 0.1) is 19.6 Å². The van der Waals surface area contributed by atoms with Crippen LogP contribution in [0.25, 0.3) is 0 Å². The van der Waals surface area contributed by atoms with E-state index in [9.17, 15) is 13.2 Å². The molecule has 0 spiro atoms. The van der Waals surface area contributed by atoms with Gasteiger partial charge in [0, 0.05) is 6.54 Å². The first-order chi connectivity index (χ1) is 14.0. The Balaban J connectivity index is 0.000000804. The molecule has 0 saturated heterocycles. The number of rotatable bonds is 9. The molecule has 0 atom stereocenters. The Morgan fingerprint density at radius 1 is 1.23 bits per heavy atom. The zero-order chi connectivity index (χ0) is 22.7. The molecule has 166 valence electrons. The maximum absolute atomic E-state index is 11.0. The summed E-state index contributed by atoms with van der Waals surface area (Å²) in [7, 11) is -2.06. The first-order valence-electron chi connectivity index (χ1n) is 9.23. The monoisotopic (exact) mass is 439 g/mol. The predicted molar refractivity (Wildman–Crippen MR) is 114 cm³/mol. The van der Waals surface area contributed by atoms with Gasteiger partial charge in [0.25, 0.3) is 16.0 Å². The van der Waals surface area contributed by atoms with Crippen LogP contribution in [0.15, 0.2) is 36.5 Å². The van der Waals surface area contributed by atoms with Crippen molar-refractivity contribution in [1.82, 2.24) is 10.3 Å². The molecule has 0 aliphatic heterocycles. The molecule has 0 unspecified atom stereocenters. The van der Waals surface area contributed by atoms with Gasteiger partial charge in [-0.1, -0.05) is 19.9 Å². The summed E-state index contributed by atoms with van der Waals surface area (Å²) in [5, 5.41) is 3.42. The van der Waals surface area contributed by atoms with Gasteiger partial charge in [0.15, 0.2) is 11.5 Å². The summed E-state index contributed by atoms with van der Waals surface area (Å²) in [4.78, 5) is 15.0. The fraction of sp³-hybridized carbons (Fsp3) is 0.400. The zero-order valence-electron chi connectivity index (χ0n) is 17.6. The summed E-state index contributed by atoms with van der Waals surface area (Å²) in [6.07, 6.45) is 3.32. The highest BCUT2D eigenvalue weighted by Gasteiger charge is 2.09. The van der Waals surface area contributed by atoms with Crippen molar-refractivity contribution in [2.24, 2.45) is 11.7 Å². The van der Waals surface area contributed by atoms with Crippen molar-refractivity contribution < 1.29 is 27.2 Å². The molecule has 4 N–H and O–H groups in total. The quantitative estimate of drug-likeness (QED) is 0.400. The number of amides is 1. The molecule has 9 nitrogen and oxygen atoms in total. The molecular formula is C20H29N3O6S. The smallest absolute Gasteiger partial charge is 0.267 e. The maximum atomic E-state index is 11.0. The van der Waals surface area contributed by atoms with E-state index < -0.39 is 16.0 Å². The summed E-state index contributed by atoms with van der Waals surface area (Å²) in [6, 6.07) is 8.97. The average molecular weight is 440 g/mol. The molecule has 2 aromatic rings. The summed E-state index contributed by atoms with van der Waals surface area (Å²) in [6.45, 7) is 6.18. The van der Waals surface area contributed by atoms with Crippen LogP contribution < -0.4 is 20.5 Å². The van der Waals surface area contributed by atoms with Crippen LogP contribution in [0.5, 0.6) is 17.2 Å². The van der Waals surface area contributed by atoms with Crippen LogP contribution in [-0.2, 0) is 16.7 Å². The third-order valence-corrected chi connectivity index (χ3v) is 3.67. The number of ether oxygens (including phenoxy) is 2. The van der Waals surface area contributed by atoms with Gasteiger partial charge in [-0.2, -0.15) is 8.42 Å². The number of pyridine rings is 1. The van der Waals surface area contributed by atoms with Crippen molar-refractivity contribution >= 4 is 16.0 Å². The minimum absolute atomic E-state index is 0.196. The molecule has 30 heavy (non-hydrogen) atoms. The predicted octanol–water partition coefficient (Wildman–Crippen LogP) is 2.62. The van der Waals surface area contributed by atoms with Gasteiger partial charge in [-0.3, -0.25) is 9.35 Å². The Hall–Kier alpha value is -2.69. The van der Waals surface area contributed by atoms with Crippen molar-refractivity contribution in [3.63, 3.8) is 0 Å². The SMILES string of the molecule is COc1cc(CNCCC(C)C)ccc1Oc1ccc(C(N)=O)nc1.CS(=O)(=O)O. The van der Waals surface area contributed by atoms with Crippen molar-refractivity contribution in [2.45, 2.75) is 26.8 Å². The van der Waals surface area contributed by atoms with Gasteiger partial charge in [-0.05, 0) is 48.7 Å². The van der Waals surface area contributed by atoms with Crippen LogP contribution in [0.2, 0.25) is 0 Å². The molecule has 0 fully saturated rings. The molecular weight excluding hydrogens is 410 g/mol. The van der Waals surface area contributed by atoms with E-state index in [0.717, 1.165) is 25.1 Å². The lowest BCUT2D eigenvalue weighted by Crippen LogP contribution is -2.16. The highest BCUT2D eigenvalue weighted by Crippen LogP contribution is 2.32. The number of benzene rings is 1. The number of aromatic nitrogens is 1. The Labute approximate surface area is 177 Å². The van der Waals surface area contributed by atoms with E-state index in [4.69, 9.17) is 19.8 Å². The summed E-state index contributed by atoms with van der Waals surface area (Å²) in [5.74, 6) is 1.85. The number of nitrogens with zero attached hydrogens (tertiary/aromatic N) is 1. The molecule has 1 heterocycles. The lowest BCUT2D eigenvalue weighted by atomic mass is 10.1. The number of carbonyl (C=O) groups is 1. The van der Waals surface area contributed by atoms with Crippen LogP contribution in [0.4, 0.5) is 0 Å². The van der Waals surface area contributed by atoms with Gasteiger partial charge in [-0.15, -0.1) is 0 Å². The van der Waals surface area contributed by atoms with E-state index in [1.807, 2.05) is 18.2 Å². The maximum Gasteiger partial charge on any atom is 0.267 e. The lowest BCUT2D eigenvalue weighted by Gasteiger charge is -2.13. The second kappa shape index (κ2) is 12.1. The van der Waals surface area contributed by atoms with Crippen molar-refractivity contribution in [1.29, 1.82) is 0 Å². The first kappa shape index (κ1) is 25.3. The number of nitrogens with one attached hydrogen (secondary N) is 1. The highest BCUT2D eigenvalue weighted by atomic mass is 32.2. The van der Waals surface area contributed by atoms with E-state index in [2.05, 4.69) is 24.1 Å². The normalized spacial score (nSPS) is 10.9. The first-order valence-corrected chi connectivity index (χ1v) is 11.1. The van der Waals surface area contributed by atoms with Crippen molar-refractivity contribution in [3.05, 3.63) is 47.8 Å². The number of nitrogens with two attached hydrogens (primary N) is 1. The molecule has 10 heteroatoms. The Bertz CT molecular complexity index is 907. The Morgan fingerprint density at radius 3 is 2.40 bits per heavy atom. The summed E-state index contributed by atoms with van der Waals surface area (Å²) in [5.41, 5.74) is 6.49. The van der Waals surface area contributed by atoms with Gasteiger partial charge < -0.3 is 20.5 Å². The second-order valence-corrected chi connectivity index (χ2v) is 8.39. The zero-order valence-corrected chi connectivity index (χ0v) is 18.4. The topological polar surface area (TPSA) is 141 Å². The standard InChI is InChI=1S/C19H25N3O3.CH4O3S/c1-13(2)8-9-21-11-14-4-7-17(18(10-14)24-3)25-15-5-6-16(19(20)23)22-12-15;1-5(2,3)4/h4-7,10,12-13,21H,8-9,11H2,1-3H3,(H2,20,23);1H3,(H,2,3,4). The van der Waals surface area contributed by atoms with Crippen molar-refractivity contribution in [2.75, 3.05) is 19.9 Å². The van der Waals surface area contributed by atoms with E-state index in [1.54, 1.807) is 13.2 Å². The lowest BCUT2D eigenvalue weighted by molar-refractivity contribution is 0.0995. The Morgan fingerprint density at radius 2 is 1.90 bits per heavy atom. The van der Waals surface area contributed by atoms with Gasteiger partial charge >= 0.3 is 0 Å². The third kappa shape index (κ3) is 10.7. The number of hydrogen-bond acceptors (Lipinski definition) is 7. The van der Waals surface area contributed by atoms with E-state index in [-0.39, 0.29) is 5.69 Å². The van der Waals surface area contributed by atoms with Gasteiger partial charge in [0.2, 0.25) is 0 Å². The van der Waals surface area contributed by atoms with E-state index in [0.29, 0.717) is 29.4 Å². The van der Waals surface area contributed by atoms with Gasteiger partial charge in [0.1, 0.15) is 11.4 Å². The number of methoxy groups -OCH3 is 1. The molecule has 0 bridgehead atoms.